The number of fused-ring (bicyclic) bond motifs is 1. The zero-order valence-corrected chi connectivity index (χ0v) is 22.2. The van der Waals surface area contributed by atoms with Crippen LogP contribution in [-0.4, -0.2) is 76.1 Å². The maximum absolute atomic E-state index is 12.6. The van der Waals surface area contributed by atoms with Gasteiger partial charge in [0.2, 0.25) is 5.95 Å². The molecule has 37 heavy (non-hydrogen) atoms. The summed E-state index contributed by atoms with van der Waals surface area (Å²) in [6.45, 7) is 5.40. The molecule has 7 nitrogen and oxygen atoms in total. The smallest absolute Gasteiger partial charge is 0.390 e. The number of aromatic nitrogens is 3. The molecule has 3 aliphatic rings. The van der Waals surface area contributed by atoms with Gasteiger partial charge in [0.15, 0.2) is 0 Å². The van der Waals surface area contributed by atoms with Crippen LogP contribution < -0.4 is 10.6 Å². The van der Waals surface area contributed by atoms with Gasteiger partial charge in [-0.25, -0.2) is 4.98 Å². The number of hydrogen-bond acceptors (Lipinski definition) is 6. The Hall–Kier alpha value is -1.62. The molecule has 3 N–H and O–H groups in total. The quantitative estimate of drug-likeness (QED) is 0.461. The van der Waals surface area contributed by atoms with Crippen molar-refractivity contribution in [1.29, 1.82) is 0 Å². The van der Waals surface area contributed by atoms with E-state index in [4.69, 9.17) is 4.98 Å². The lowest BCUT2D eigenvalue weighted by Gasteiger charge is -2.34. The topological polar surface area (TPSA) is 78.2 Å². The van der Waals surface area contributed by atoms with E-state index in [-0.39, 0.29) is 37.0 Å². The Kier molecular flexibility index (Phi) is 9.58. The van der Waals surface area contributed by atoms with Crippen molar-refractivity contribution < 1.29 is 18.3 Å². The highest BCUT2D eigenvalue weighted by Gasteiger charge is 2.30. The lowest BCUT2D eigenvalue weighted by molar-refractivity contribution is -0.131. The molecule has 0 amide bonds. The van der Waals surface area contributed by atoms with Gasteiger partial charge in [0.05, 0.1) is 12.5 Å². The fourth-order valence-electron chi connectivity index (χ4n) is 6.31. The van der Waals surface area contributed by atoms with Crippen molar-refractivity contribution in [3.8, 4) is 0 Å². The van der Waals surface area contributed by atoms with E-state index in [0.717, 1.165) is 81.7 Å². The van der Waals surface area contributed by atoms with Gasteiger partial charge >= 0.3 is 6.18 Å². The summed E-state index contributed by atoms with van der Waals surface area (Å²) in [6, 6.07) is 0.242. The van der Waals surface area contributed by atoms with Gasteiger partial charge in [0.1, 0.15) is 5.65 Å². The first-order valence-corrected chi connectivity index (χ1v) is 13.6. The second-order valence-electron chi connectivity index (χ2n) is 10.9. The predicted molar refractivity (Wildman–Crippen MR) is 141 cm³/mol. The Morgan fingerprint density at radius 2 is 1.73 bits per heavy atom. The third kappa shape index (κ3) is 7.28. The van der Waals surface area contributed by atoms with Crippen LogP contribution in [-0.2, 0) is 0 Å². The summed E-state index contributed by atoms with van der Waals surface area (Å²) < 4.78 is 40.0. The summed E-state index contributed by atoms with van der Waals surface area (Å²) in [5.41, 5.74) is 2.08. The maximum Gasteiger partial charge on any atom is 0.390 e. The molecule has 0 atom stereocenters. The summed E-state index contributed by atoms with van der Waals surface area (Å²) in [4.78, 5) is 11.7. The molecule has 3 heterocycles. The normalized spacial score (nSPS) is 27.7. The summed E-state index contributed by atoms with van der Waals surface area (Å²) in [5, 5.41) is 17.2. The Morgan fingerprint density at radius 3 is 2.41 bits per heavy atom. The third-order valence-electron chi connectivity index (χ3n) is 8.37. The van der Waals surface area contributed by atoms with Gasteiger partial charge in [-0.3, -0.25) is 0 Å². The van der Waals surface area contributed by atoms with E-state index >= 15 is 0 Å². The minimum absolute atomic E-state index is 0. The van der Waals surface area contributed by atoms with Crippen molar-refractivity contribution in [2.75, 3.05) is 44.6 Å². The number of nitrogens with zero attached hydrogens (tertiary/aromatic N) is 4. The number of nitrogens with one attached hydrogen (secondary N) is 2. The summed E-state index contributed by atoms with van der Waals surface area (Å²) in [5.74, 6) is 1.44. The minimum Gasteiger partial charge on any atom is -0.393 e. The van der Waals surface area contributed by atoms with Gasteiger partial charge in [0, 0.05) is 63.1 Å². The molecule has 3 fully saturated rings. The summed E-state index contributed by atoms with van der Waals surface area (Å²) in [6.07, 6.45) is 6.66. The third-order valence-corrected chi connectivity index (χ3v) is 8.37. The molecule has 2 aliphatic carbocycles. The molecule has 2 aromatic heterocycles. The van der Waals surface area contributed by atoms with Crippen LogP contribution in [0, 0.1) is 5.92 Å². The zero-order chi connectivity index (χ0) is 25.1. The lowest BCUT2D eigenvalue weighted by atomic mass is 9.78. The fourth-order valence-corrected chi connectivity index (χ4v) is 6.31. The van der Waals surface area contributed by atoms with Gasteiger partial charge < -0.3 is 25.2 Å². The van der Waals surface area contributed by atoms with Gasteiger partial charge in [-0.15, -0.1) is 12.4 Å². The molecule has 0 radical (unpaired) electrons. The van der Waals surface area contributed by atoms with Crippen LogP contribution in [0.4, 0.5) is 19.1 Å². The second-order valence-corrected chi connectivity index (χ2v) is 10.9. The standard InChI is InChI=1S/C26H39F3N6O.ClH/c27-26(28,29)9-10-31-25-32-15-22-23(17-35(24(22)33-25)20-5-7-21(36)8-6-20)19-3-1-18(2-4-19)16-34-13-11-30-12-14-34;/h15,17-21,30,36H,1-14,16H2,(H,31,32,33);1H. The average Bonchev–Trinajstić information content (AvgIpc) is 3.24. The van der Waals surface area contributed by atoms with Gasteiger partial charge in [-0.2, -0.15) is 18.2 Å². The van der Waals surface area contributed by atoms with E-state index in [1.54, 1.807) is 6.20 Å². The predicted octanol–water partition coefficient (Wildman–Crippen LogP) is 4.87. The van der Waals surface area contributed by atoms with Crippen LogP contribution in [0.5, 0.6) is 0 Å². The molecule has 2 aromatic rings. The Labute approximate surface area is 223 Å². The Balaban J connectivity index is 0.00000320. The van der Waals surface area contributed by atoms with Crippen LogP contribution in [0.2, 0.25) is 0 Å². The van der Waals surface area contributed by atoms with Crippen LogP contribution in [0.1, 0.15) is 75.3 Å². The van der Waals surface area contributed by atoms with Crippen molar-refractivity contribution in [1.82, 2.24) is 24.8 Å². The number of piperazine rings is 1. The molecule has 0 aromatic carbocycles. The molecule has 5 rings (SSSR count). The highest BCUT2D eigenvalue weighted by molar-refractivity contribution is 5.85. The molecule has 1 aliphatic heterocycles. The average molecular weight is 545 g/mol. The first kappa shape index (κ1) is 28.4. The molecule has 2 saturated carbocycles. The number of aliphatic hydroxyl groups is 1. The summed E-state index contributed by atoms with van der Waals surface area (Å²) in [7, 11) is 0. The first-order valence-electron chi connectivity index (χ1n) is 13.6. The monoisotopic (exact) mass is 544 g/mol. The first-order chi connectivity index (χ1) is 17.4. The molecule has 11 heteroatoms. The van der Waals surface area contributed by atoms with Crippen LogP contribution in [0.25, 0.3) is 11.0 Å². The highest BCUT2D eigenvalue weighted by atomic mass is 35.5. The van der Waals surface area contributed by atoms with E-state index in [9.17, 15) is 18.3 Å². The number of anilines is 1. The molecule has 1 saturated heterocycles. The van der Waals surface area contributed by atoms with Gasteiger partial charge in [-0.1, -0.05) is 0 Å². The number of aliphatic hydroxyl groups excluding tert-OH is 1. The van der Waals surface area contributed by atoms with Crippen molar-refractivity contribution >= 4 is 29.4 Å². The number of alkyl halides is 3. The van der Waals surface area contributed by atoms with E-state index in [0.29, 0.717) is 5.92 Å². The molecule has 0 spiro atoms. The second kappa shape index (κ2) is 12.5. The van der Waals surface area contributed by atoms with Crippen LogP contribution in [0.15, 0.2) is 12.4 Å². The molecular formula is C26H40ClF3N6O. The van der Waals surface area contributed by atoms with Crippen LogP contribution in [0.3, 0.4) is 0 Å². The molecular weight excluding hydrogens is 505 g/mol. The Morgan fingerprint density at radius 1 is 1.03 bits per heavy atom. The molecule has 0 unspecified atom stereocenters. The van der Waals surface area contributed by atoms with Crippen molar-refractivity contribution in [3.63, 3.8) is 0 Å². The number of hydrogen-bond donors (Lipinski definition) is 3. The van der Waals surface area contributed by atoms with E-state index in [1.807, 2.05) is 0 Å². The largest absolute Gasteiger partial charge is 0.393 e. The van der Waals surface area contributed by atoms with Crippen molar-refractivity contribution in [3.05, 3.63) is 18.0 Å². The fraction of sp³-hybridized carbons (Fsp3) is 0.769. The SMILES string of the molecule is Cl.OC1CCC(n2cc(C3CCC(CN4CCNCC4)CC3)c3cnc(NCCC(F)(F)F)nc32)CC1. The van der Waals surface area contributed by atoms with Crippen molar-refractivity contribution in [2.45, 2.75) is 82.0 Å². The Bertz CT molecular complexity index is 996. The van der Waals surface area contributed by atoms with Gasteiger partial charge in [0.25, 0.3) is 0 Å². The summed E-state index contributed by atoms with van der Waals surface area (Å²) >= 11 is 0. The van der Waals surface area contributed by atoms with E-state index in [1.165, 1.54) is 24.9 Å². The number of rotatable bonds is 7. The minimum atomic E-state index is -4.21. The number of halogens is 4. The van der Waals surface area contributed by atoms with E-state index in [2.05, 4.69) is 31.3 Å². The van der Waals surface area contributed by atoms with Crippen molar-refractivity contribution in [2.24, 2.45) is 5.92 Å². The van der Waals surface area contributed by atoms with Crippen LogP contribution >= 0.6 is 12.4 Å². The lowest BCUT2D eigenvalue weighted by Crippen LogP contribution is -2.45. The van der Waals surface area contributed by atoms with E-state index < -0.39 is 12.6 Å². The molecule has 208 valence electrons. The molecule has 0 bridgehead atoms. The maximum atomic E-state index is 12.6. The van der Waals surface area contributed by atoms with Gasteiger partial charge in [-0.05, 0) is 68.8 Å². The zero-order valence-electron chi connectivity index (χ0n) is 21.3. The highest BCUT2D eigenvalue weighted by Crippen LogP contribution is 2.41.